The third-order valence-electron chi connectivity index (χ3n) is 6.29. The fraction of sp³-hybridized carbons (Fsp3) is 0.200. The quantitative estimate of drug-likeness (QED) is 0.269. The van der Waals surface area contributed by atoms with Crippen LogP contribution in [0.1, 0.15) is 35.1 Å². The Morgan fingerprint density at radius 3 is 1.44 bits per heavy atom. The predicted molar refractivity (Wildman–Crippen MR) is 132 cm³/mol. The van der Waals surface area contributed by atoms with Crippen LogP contribution in [0.25, 0.3) is 0 Å². The molecule has 0 unspecified atom stereocenters. The number of ether oxygens (including phenoxy) is 2. The SMILES string of the molecule is COc1ccc(CCCC(c2ccccc2)(c2ccccc2)c2ccc(OC)cc2)cc1. The lowest BCUT2D eigenvalue weighted by atomic mass is 9.66. The summed E-state index contributed by atoms with van der Waals surface area (Å²) < 4.78 is 10.8. The summed E-state index contributed by atoms with van der Waals surface area (Å²) >= 11 is 0. The summed E-state index contributed by atoms with van der Waals surface area (Å²) in [6, 6.07) is 38.7. The predicted octanol–water partition coefficient (Wildman–Crippen LogP) is 7.06. The second kappa shape index (κ2) is 10.2. The van der Waals surface area contributed by atoms with Crippen LogP contribution in [0.15, 0.2) is 109 Å². The number of benzene rings is 4. The third kappa shape index (κ3) is 4.55. The van der Waals surface area contributed by atoms with E-state index in [1.54, 1.807) is 14.2 Å². The Morgan fingerprint density at radius 2 is 0.969 bits per heavy atom. The zero-order valence-corrected chi connectivity index (χ0v) is 18.8. The van der Waals surface area contributed by atoms with Crippen LogP contribution in [0, 0.1) is 0 Å². The van der Waals surface area contributed by atoms with Crippen molar-refractivity contribution in [1.82, 2.24) is 0 Å². The molecule has 0 spiro atoms. The highest BCUT2D eigenvalue weighted by atomic mass is 16.5. The van der Waals surface area contributed by atoms with Gasteiger partial charge in [0.2, 0.25) is 0 Å². The van der Waals surface area contributed by atoms with Crippen molar-refractivity contribution in [3.8, 4) is 11.5 Å². The van der Waals surface area contributed by atoms with E-state index < -0.39 is 0 Å². The Hall–Kier alpha value is -3.52. The van der Waals surface area contributed by atoms with Gasteiger partial charge in [0.05, 0.1) is 14.2 Å². The van der Waals surface area contributed by atoms with Gasteiger partial charge in [0, 0.05) is 5.41 Å². The lowest BCUT2D eigenvalue weighted by molar-refractivity contribution is 0.414. The maximum Gasteiger partial charge on any atom is 0.118 e. The minimum Gasteiger partial charge on any atom is -0.497 e. The number of hydrogen-bond donors (Lipinski definition) is 0. The number of methoxy groups -OCH3 is 2. The van der Waals surface area contributed by atoms with E-state index in [-0.39, 0.29) is 5.41 Å². The summed E-state index contributed by atoms with van der Waals surface area (Å²) in [5.74, 6) is 1.77. The van der Waals surface area contributed by atoms with Crippen molar-refractivity contribution in [2.24, 2.45) is 0 Å². The molecule has 0 aliphatic carbocycles. The van der Waals surface area contributed by atoms with E-state index in [1.807, 2.05) is 12.1 Å². The van der Waals surface area contributed by atoms with Gasteiger partial charge in [0.25, 0.3) is 0 Å². The van der Waals surface area contributed by atoms with Crippen LogP contribution in [0.5, 0.6) is 11.5 Å². The maximum absolute atomic E-state index is 5.44. The normalized spacial score (nSPS) is 11.2. The molecule has 0 aliphatic rings. The van der Waals surface area contributed by atoms with E-state index in [0.717, 1.165) is 30.8 Å². The van der Waals surface area contributed by atoms with Crippen LogP contribution in [-0.4, -0.2) is 14.2 Å². The van der Waals surface area contributed by atoms with Gasteiger partial charge in [-0.15, -0.1) is 0 Å². The molecule has 0 aromatic heterocycles. The summed E-state index contributed by atoms with van der Waals surface area (Å²) in [6.07, 6.45) is 3.07. The fourth-order valence-corrected chi connectivity index (χ4v) is 4.60. The van der Waals surface area contributed by atoms with Crippen LogP contribution in [0.2, 0.25) is 0 Å². The van der Waals surface area contributed by atoms with Crippen molar-refractivity contribution in [3.63, 3.8) is 0 Å². The number of aryl methyl sites for hydroxylation is 1. The monoisotopic (exact) mass is 422 g/mol. The first-order valence-electron chi connectivity index (χ1n) is 11.1. The van der Waals surface area contributed by atoms with Gasteiger partial charge in [-0.2, -0.15) is 0 Å². The lowest BCUT2D eigenvalue weighted by Gasteiger charge is -2.36. The van der Waals surface area contributed by atoms with E-state index in [9.17, 15) is 0 Å². The third-order valence-corrected chi connectivity index (χ3v) is 6.29. The van der Waals surface area contributed by atoms with Gasteiger partial charge in [0.15, 0.2) is 0 Å². The molecule has 0 aliphatic heterocycles. The van der Waals surface area contributed by atoms with Crippen molar-refractivity contribution in [1.29, 1.82) is 0 Å². The molecule has 4 aromatic carbocycles. The minimum absolute atomic E-state index is 0.235. The highest BCUT2D eigenvalue weighted by Crippen LogP contribution is 2.43. The topological polar surface area (TPSA) is 18.5 Å². The van der Waals surface area contributed by atoms with E-state index in [0.29, 0.717) is 0 Å². The van der Waals surface area contributed by atoms with Crippen molar-refractivity contribution >= 4 is 0 Å². The molecule has 0 fully saturated rings. The second-order valence-electron chi connectivity index (χ2n) is 8.07. The Morgan fingerprint density at radius 1 is 0.531 bits per heavy atom. The van der Waals surface area contributed by atoms with E-state index in [4.69, 9.17) is 9.47 Å². The highest BCUT2D eigenvalue weighted by Gasteiger charge is 2.35. The lowest BCUT2D eigenvalue weighted by Crippen LogP contribution is -2.29. The number of rotatable bonds is 9. The van der Waals surface area contributed by atoms with Crippen molar-refractivity contribution in [2.45, 2.75) is 24.7 Å². The Bertz CT molecular complexity index is 1050. The van der Waals surface area contributed by atoms with Crippen molar-refractivity contribution in [2.75, 3.05) is 14.2 Å². The van der Waals surface area contributed by atoms with Gasteiger partial charge in [0.1, 0.15) is 11.5 Å². The molecule has 2 heteroatoms. The van der Waals surface area contributed by atoms with Gasteiger partial charge < -0.3 is 9.47 Å². The smallest absolute Gasteiger partial charge is 0.118 e. The first kappa shape index (κ1) is 21.7. The molecule has 0 saturated heterocycles. The summed E-state index contributed by atoms with van der Waals surface area (Å²) in [7, 11) is 3.42. The summed E-state index contributed by atoms with van der Waals surface area (Å²) in [5.41, 5.74) is 5.00. The molecule has 162 valence electrons. The van der Waals surface area contributed by atoms with Gasteiger partial charge in [-0.25, -0.2) is 0 Å². The van der Waals surface area contributed by atoms with Crippen LogP contribution in [0.3, 0.4) is 0 Å². The fourth-order valence-electron chi connectivity index (χ4n) is 4.60. The van der Waals surface area contributed by atoms with Crippen molar-refractivity contribution in [3.05, 3.63) is 131 Å². The molecule has 4 rings (SSSR count). The number of hydrogen-bond acceptors (Lipinski definition) is 2. The molecule has 2 nitrogen and oxygen atoms in total. The Balaban J connectivity index is 1.74. The van der Waals surface area contributed by atoms with E-state index >= 15 is 0 Å². The molecule has 4 aromatic rings. The molecule has 0 atom stereocenters. The second-order valence-corrected chi connectivity index (χ2v) is 8.07. The summed E-state index contributed by atoms with van der Waals surface area (Å²) in [4.78, 5) is 0. The Kier molecular flexibility index (Phi) is 6.91. The Labute approximate surface area is 191 Å². The van der Waals surface area contributed by atoms with E-state index in [2.05, 4.69) is 97.1 Å². The first-order chi connectivity index (χ1) is 15.8. The van der Waals surface area contributed by atoms with Gasteiger partial charge in [-0.3, -0.25) is 0 Å². The standard InChI is InChI=1S/C30H30O2/c1-31-28-19-15-24(16-20-28)10-9-23-30(25-11-5-3-6-12-25,26-13-7-4-8-14-26)27-17-21-29(32-2)22-18-27/h3-8,11-22H,9-10,23H2,1-2H3. The minimum atomic E-state index is -0.235. The molecule has 0 amide bonds. The average Bonchev–Trinajstić information content (AvgIpc) is 2.88. The van der Waals surface area contributed by atoms with Gasteiger partial charge in [-0.1, -0.05) is 84.9 Å². The van der Waals surface area contributed by atoms with E-state index in [1.165, 1.54) is 22.3 Å². The van der Waals surface area contributed by atoms with Crippen molar-refractivity contribution < 1.29 is 9.47 Å². The molecular formula is C30H30O2. The molecule has 32 heavy (non-hydrogen) atoms. The molecule has 0 N–H and O–H groups in total. The molecule has 0 bridgehead atoms. The first-order valence-corrected chi connectivity index (χ1v) is 11.1. The molecule has 0 heterocycles. The average molecular weight is 423 g/mol. The molecule has 0 radical (unpaired) electrons. The molecule has 0 saturated carbocycles. The summed E-state index contributed by atoms with van der Waals surface area (Å²) in [6.45, 7) is 0. The largest absolute Gasteiger partial charge is 0.497 e. The van der Waals surface area contributed by atoms with Crippen LogP contribution < -0.4 is 9.47 Å². The highest BCUT2D eigenvalue weighted by molar-refractivity contribution is 5.51. The van der Waals surface area contributed by atoms with Crippen LogP contribution >= 0.6 is 0 Å². The zero-order valence-electron chi connectivity index (χ0n) is 18.8. The van der Waals surface area contributed by atoms with Crippen LogP contribution in [0.4, 0.5) is 0 Å². The van der Waals surface area contributed by atoms with Gasteiger partial charge >= 0.3 is 0 Å². The van der Waals surface area contributed by atoms with Crippen LogP contribution in [-0.2, 0) is 11.8 Å². The maximum atomic E-state index is 5.44. The zero-order chi connectivity index (χ0) is 22.2. The molecular weight excluding hydrogens is 392 g/mol. The van der Waals surface area contributed by atoms with Gasteiger partial charge in [-0.05, 0) is 65.8 Å². The summed E-state index contributed by atoms with van der Waals surface area (Å²) in [5, 5.41) is 0.